The van der Waals surface area contributed by atoms with Gasteiger partial charge < -0.3 is 37.2 Å². The molecule has 0 unspecified atom stereocenters. The number of carboxylic acid groups (broad SMARTS) is 2. The summed E-state index contributed by atoms with van der Waals surface area (Å²) < 4.78 is 0. The minimum Gasteiger partial charge on any atom is -0.481 e. The third-order valence-corrected chi connectivity index (χ3v) is 8.32. The smallest absolute Gasteiger partial charge is 0.326 e. The first kappa shape index (κ1) is 33.5. The summed E-state index contributed by atoms with van der Waals surface area (Å²) >= 11 is 0. The Hall–Kier alpha value is -5.86. The van der Waals surface area contributed by atoms with Crippen molar-refractivity contribution in [2.45, 2.75) is 63.1 Å². The summed E-state index contributed by atoms with van der Waals surface area (Å²) in [6.07, 6.45) is 4.30. The molecular formula is C33H37N9O6. The predicted octanol–water partition coefficient (Wildman–Crippen LogP) is 2.26. The number of fused-ring (bicyclic) bond motifs is 1. The molecule has 1 fully saturated rings. The first-order valence-corrected chi connectivity index (χ1v) is 15.5. The lowest BCUT2D eigenvalue weighted by atomic mass is 9.79. The number of nitrogens with one attached hydrogen (secondary N) is 2. The topological polar surface area (TPSA) is 240 Å². The van der Waals surface area contributed by atoms with E-state index in [0.29, 0.717) is 23.7 Å². The van der Waals surface area contributed by atoms with Crippen molar-refractivity contribution in [1.82, 2.24) is 30.6 Å². The molecule has 0 radical (unpaired) electrons. The molecule has 0 bridgehead atoms. The largest absolute Gasteiger partial charge is 0.481 e. The average Bonchev–Trinajstić information content (AvgIpc) is 3.02. The lowest BCUT2D eigenvalue weighted by molar-refractivity contribution is -0.142. The quantitative estimate of drug-likeness (QED) is 0.114. The van der Waals surface area contributed by atoms with Crippen LogP contribution in [0, 0.1) is 0 Å². The molecule has 1 saturated carbocycles. The van der Waals surface area contributed by atoms with Crippen molar-refractivity contribution in [2.75, 3.05) is 23.4 Å². The number of carboxylic acids is 2. The lowest BCUT2D eigenvalue weighted by Crippen LogP contribution is -2.52. The van der Waals surface area contributed by atoms with Crippen LogP contribution in [0.3, 0.4) is 0 Å². The molecule has 250 valence electrons. The maximum Gasteiger partial charge on any atom is 0.326 e. The van der Waals surface area contributed by atoms with Crippen LogP contribution in [0.4, 0.5) is 17.5 Å². The number of carbonyl (C=O) groups excluding carboxylic acids is 2. The number of benzene rings is 2. The van der Waals surface area contributed by atoms with E-state index in [1.165, 1.54) is 6.42 Å². The number of nitrogens with zero attached hydrogens (tertiary/aromatic N) is 5. The molecule has 48 heavy (non-hydrogen) atoms. The fourth-order valence-electron chi connectivity index (χ4n) is 5.46. The van der Waals surface area contributed by atoms with Gasteiger partial charge in [0.2, 0.25) is 11.9 Å². The van der Waals surface area contributed by atoms with Crippen LogP contribution in [0.5, 0.6) is 0 Å². The summed E-state index contributed by atoms with van der Waals surface area (Å²) in [6, 6.07) is 11.6. The number of hydrogen-bond donors (Lipinski definition) is 6. The van der Waals surface area contributed by atoms with Gasteiger partial charge in [-0.1, -0.05) is 30.7 Å². The van der Waals surface area contributed by atoms with Gasteiger partial charge in [0.1, 0.15) is 12.1 Å². The second kappa shape index (κ2) is 14.7. The molecular weight excluding hydrogens is 618 g/mol. The summed E-state index contributed by atoms with van der Waals surface area (Å²) in [7, 11) is 1.82. The van der Waals surface area contributed by atoms with Crippen molar-refractivity contribution in [3.05, 3.63) is 77.1 Å². The van der Waals surface area contributed by atoms with Gasteiger partial charge in [0.15, 0.2) is 17.0 Å². The Morgan fingerprint density at radius 1 is 0.979 bits per heavy atom. The molecule has 2 atom stereocenters. The van der Waals surface area contributed by atoms with Crippen molar-refractivity contribution in [3.63, 3.8) is 0 Å². The molecule has 2 aromatic heterocycles. The van der Waals surface area contributed by atoms with Gasteiger partial charge in [-0.15, -0.1) is 0 Å². The van der Waals surface area contributed by atoms with Gasteiger partial charge in [0, 0.05) is 31.1 Å². The van der Waals surface area contributed by atoms with Crippen molar-refractivity contribution >= 4 is 52.4 Å². The minimum atomic E-state index is -1.28. The van der Waals surface area contributed by atoms with E-state index in [9.17, 15) is 29.4 Å². The van der Waals surface area contributed by atoms with Crippen molar-refractivity contribution < 1.29 is 29.4 Å². The number of hydrogen-bond acceptors (Lipinski definition) is 11. The van der Waals surface area contributed by atoms with Crippen LogP contribution in [0.1, 0.15) is 65.2 Å². The molecule has 4 aromatic rings. The van der Waals surface area contributed by atoms with E-state index >= 15 is 0 Å². The van der Waals surface area contributed by atoms with E-state index in [4.69, 9.17) is 11.5 Å². The Balaban J connectivity index is 1.23. The Labute approximate surface area is 275 Å². The number of nitrogen functional groups attached to an aromatic ring is 2. The molecule has 2 heterocycles. The van der Waals surface area contributed by atoms with Crippen LogP contribution in [-0.4, -0.2) is 73.0 Å². The van der Waals surface area contributed by atoms with Crippen LogP contribution >= 0.6 is 0 Å². The highest BCUT2D eigenvalue weighted by Gasteiger charge is 2.28. The Morgan fingerprint density at radius 2 is 1.73 bits per heavy atom. The molecule has 0 spiro atoms. The van der Waals surface area contributed by atoms with Gasteiger partial charge in [-0.25, -0.2) is 14.8 Å². The van der Waals surface area contributed by atoms with E-state index in [1.54, 1.807) is 30.5 Å². The Bertz CT molecular complexity index is 1830. The van der Waals surface area contributed by atoms with Crippen LogP contribution in [0.15, 0.2) is 54.7 Å². The number of anilines is 3. The van der Waals surface area contributed by atoms with Crippen LogP contribution in [-0.2, 0) is 27.3 Å². The van der Waals surface area contributed by atoms with Crippen molar-refractivity contribution in [1.29, 1.82) is 0 Å². The molecule has 1 aliphatic rings. The van der Waals surface area contributed by atoms with Crippen molar-refractivity contribution in [3.8, 4) is 0 Å². The van der Waals surface area contributed by atoms with Gasteiger partial charge in [0.25, 0.3) is 5.91 Å². The third-order valence-electron chi connectivity index (χ3n) is 8.32. The summed E-state index contributed by atoms with van der Waals surface area (Å²) in [4.78, 5) is 68.5. The molecule has 2 amide bonds. The van der Waals surface area contributed by atoms with Gasteiger partial charge >= 0.3 is 11.9 Å². The molecule has 15 nitrogen and oxygen atoms in total. The van der Waals surface area contributed by atoms with Crippen LogP contribution < -0.4 is 27.0 Å². The number of aromatic nitrogens is 4. The Kier molecular flexibility index (Phi) is 10.3. The predicted molar refractivity (Wildman–Crippen MR) is 177 cm³/mol. The number of aliphatic carboxylic acids is 2. The maximum absolute atomic E-state index is 13.3. The summed E-state index contributed by atoms with van der Waals surface area (Å²) in [5, 5.41) is 24.2. The maximum atomic E-state index is 13.3. The van der Waals surface area contributed by atoms with Crippen LogP contribution in [0.2, 0.25) is 0 Å². The fourth-order valence-corrected chi connectivity index (χ4v) is 5.46. The van der Waals surface area contributed by atoms with Gasteiger partial charge in [0.05, 0.1) is 18.4 Å². The van der Waals surface area contributed by atoms with E-state index < -0.39 is 42.3 Å². The molecule has 0 aliphatic heterocycles. The summed E-state index contributed by atoms with van der Waals surface area (Å²) in [5.74, 6) is -3.22. The molecule has 0 saturated heterocycles. The fraction of sp³-hybridized carbons (Fsp3) is 0.333. The van der Waals surface area contributed by atoms with E-state index in [1.807, 2.05) is 36.2 Å². The van der Waals surface area contributed by atoms with E-state index in [2.05, 4.69) is 30.6 Å². The zero-order valence-electron chi connectivity index (χ0n) is 26.3. The molecule has 1 aliphatic carbocycles. The minimum absolute atomic E-state index is 0.00183. The molecule has 2 aromatic carbocycles. The highest BCUT2D eigenvalue weighted by molar-refractivity contribution is 5.98. The number of rotatable bonds is 14. The Morgan fingerprint density at radius 3 is 2.40 bits per heavy atom. The SMILES string of the molecule is CN(Cc1cnc2nc(N)nc(N)c2n1)c1ccc(C(=O)N[C@@H](CCC(=O)O)C(=O)N[C@@H](Cc2cccc(C3CCC3)c2)C(=O)O)cc1. The molecule has 15 heteroatoms. The number of nitrogens with two attached hydrogens (primary N) is 2. The van der Waals surface area contributed by atoms with Gasteiger partial charge in [-0.2, -0.15) is 9.97 Å². The highest BCUT2D eigenvalue weighted by atomic mass is 16.4. The zero-order chi connectivity index (χ0) is 34.4. The van der Waals surface area contributed by atoms with Gasteiger partial charge in [-0.05, 0) is 60.6 Å². The normalized spacial score (nSPS) is 14.0. The summed E-state index contributed by atoms with van der Waals surface area (Å²) in [6.45, 7) is 0.339. The van der Waals surface area contributed by atoms with E-state index in [-0.39, 0.29) is 35.8 Å². The standard InChI is InChI=1S/C33H37N9O6/c1-42(17-22-16-36-29-27(37-22)28(34)40-33(35)41-29)23-10-8-20(9-11-23)30(45)38-24(12-13-26(43)44)31(46)39-25(32(47)48)15-18-4-2-7-21(14-18)19-5-3-6-19/h2,4,7-11,14,16,19,24-25H,3,5-6,12-13,15,17H2,1H3,(H,38,45)(H,39,46)(H,43,44)(H,47,48)(H4,34,35,36,40,41)/t24-,25-/m0/s1. The van der Waals surface area contributed by atoms with Crippen LogP contribution in [0.25, 0.3) is 11.2 Å². The zero-order valence-corrected chi connectivity index (χ0v) is 26.3. The second-order valence-corrected chi connectivity index (χ2v) is 11.8. The molecule has 5 rings (SSSR count). The van der Waals surface area contributed by atoms with Crippen molar-refractivity contribution in [2.24, 2.45) is 0 Å². The first-order valence-electron chi connectivity index (χ1n) is 15.5. The summed E-state index contributed by atoms with van der Waals surface area (Å²) in [5.41, 5.74) is 15.6. The second-order valence-electron chi connectivity index (χ2n) is 11.8. The lowest BCUT2D eigenvalue weighted by Gasteiger charge is -2.26. The molecule has 8 N–H and O–H groups in total. The van der Waals surface area contributed by atoms with E-state index in [0.717, 1.165) is 29.7 Å². The number of carbonyl (C=O) groups is 4. The van der Waals surface area contributed by atoms with Gasteiger partial charge in [-0.3, -0.25) is 14.4 Å². The monoisotopic (exact) mass is 655 g/mol. The first-order chi connectivity index (χ1) is 23.0. The average molecular weight is 656 g/mol. The number of amides is 2. The highest BCUT2D eigenvalue weighted by Crippen LogP contribution is 2.36. The third kappa shape index (κ3) is 8.29.